The standard InChI is InChI=1S/C25H20BrClN2S/c26-20-7-10-24-22(13-20)23(16-29(24)14-17-5-8-21(27)9-6-17)25(30)28-12-11-18-3-1-2-4-19(18)15-28/h1-10,13,16H,11-12,14-15H2. The van der Waals surface area contributed by atoms with Crippen molar-refractivity contribution >= 4 is 55.6 Å². The number of fused-ring (bicyclic) bond motifs is 2. The summed E-state index contributed by atoms with van der Waals surface area (Å²) < 4.78 is 3.34. The zero-order valence-electron chi connectivity index (χ0n) is 16.3. The smallest absolute Gasteiger partial charge is 0.111 e. The number of halogens is 2. The Labute approximate surface area is 195 Å². The van der Waals surface area contributed by atoms with Crippen molar-refractivity contribution in [1.29, 1.82) is 0 Å². The molecule has 4 aromatic rings. The third-order valence-electron chi connectivity index (χ3n) is 5.76. The van der Waals surface area contributed by atoms with Crippen molar-refractivity contribution in [3.05, 3.63) is 105 Å². The van der Waals surface area contributed by atoms with Gasteiger partial charge in [-0.25, -0.2) is 0 Å². The Morgan fingerprint density at radius 1 is 1.00 bits per heavy atom. The third-order valence-corrected chi connectivity index (χ3v) is 6.98. The molecule has 3 aromatic carbocycles. The lowest BCUT2D eigenvalue weighted by atomic mass is 9.99. The molecule has 0 unspecified atom stereocenters. The quantitative estimate of drug-likeness (QED) is 0.288. The van der Waals surface area contributed by atoms with Gasteiger partial charge in [-0.15, -0.1) is 0 Å². The Hall–Kier alpha value is -2.14. The first-order valence-corrected chi connectivity index (χ1v) is 11.6. The minimum Gasteiger partial charge on any atom is -0.358 e. The number of aromatic nitrogens is 1. The zero-order valence-corrected chi connectivity index (χ0v) is 19.5. The van der Waals surface area contributed by atoms with Crippen LogP contribution in [0.5, 0.6) is 0 Å². The van der Waals surface area contributed by atoms with E-state index in [-0.39, 0.29) is 0 Å². The maximum absolute atomic E-state index is 6.06. The highest BCUT2D eigenvalue weighted by Gasteiger charge is 2.22. The maximum Gasteiger partial charge on any atom is 0.111 e. The number of thiocarbonyl (C=S) groups is 1. The van der Waals surface area contributed by atoms with E-state index in [0.717, 1.165) is 46.1 Å². The average molecular weight is 496 g/mol. The van der Waals surface area contributed by atoms with Gasteiger partial charge in [0.25, 0.3) is 0 Å². The van der Waals surface area contributed by atoms with Crippen LogP contribution < -0.4 is 0 Å². The normalized spacial score (nSPS) is 13.5. The summed E-state index contributed by atoms with van der Waals surface area (Å²) in [5.41, 5.74) is 6.32. The molecule has 0 amide bonds. The van der Waals surface area contributed by atoms with E-state index < -0.39 is 0 Å². The molecule has 0 radical (unpaired) electrons. The summed E-state index contributed by atoms with van der Waals surface area (Å²) in [6.45, 7) is 2.60. The predicted octanol–water partition coefficient (Wildman–Crippen LogP) is 6.84. The van der Waals surface area contributed by atoms with Crippen LogP contribution in [0, 0.1) is 0 Å². The molecule has 2 heterocycles. The van der Waals surface area contributed by atoms with Crippen LogP contribution in [0.25, 0.3) is 10.9 Å². The maximum atomic E-state index is 6.06. The van der Waals surface area contributed by atoms with Crippen molar-refractivity contribution in [2.45, 2.75) is 19.5 Å². The van der Waals surface area contributed by atoms with Crippen molar-refractivity contribution in [2.75, 3.05) is 6.54 Å². The monoisotopic (exact) mass is 494 g/mol. The molecule has 0 atom stereocenters. The van der Waals surface area contributed by atoms with E-state index in [1.165, 1.54) is 27.6 Å². The second kappa shape index (κ2) is 8.18. The van der Waals surface area contributed by atoms with Gasteiger partial charge in [0.05, 0.1) is 0 Å². The van der Waals surface area contributed by atoms with Crippen molar-refractivity contribution in [1.82, 2.24) is 9.47 Å². The van der Waals surface area contributed by atoms with E-state index in [9.17, 15) is 0 Å². The van der Waals surface area contributed by atoms with E-state index in [1.807, 2.05) is 12.1 Å². The molecular formula is C25H20BrClN2S. The lowest BCUT2D eigenvalue weighted by Gasteiger charge is -2.30. The Balaban J connectivity index is 1.51. The lowest BCUT2D eigenvalue weighted by Crippen LogP contribution is -2.35. The van der Waals surface area contributed by atoms with Crippen LogP contribution in [0.2, 0.25) is 5.02 Å². The number of hydrogen-bond acceptors (Lipinski definition) is 1. The fourth-order valence-corrected chi connectivity index (χ4v) is 5.00. The molecular weight excluding hydrogens is 476 g/mol. The molecule has 0 N–H and O–H groups in total. The first-order valence-electron chi connectivity index (χ1n) is 9.97. The number of nitrogens with zero attached hydrogens (tertiary/aromatic N) is 2. The highest BCUT2D eigenvalue weighted by molar-refractivity contribution is 9.10. The van der Waals surface area contributed by atoms with Crippen LogP contribution in [0.15, 0.2) is 77.4 Å². The molecule has 30 heavy (non-hydrogen) atoms. The second-order valence-corrected chi connectivity index (χ2v) is 9.44. The van der Waals surface area contributed by atoms with Crippen molar-refractivity contribution in [3.8, 4) is 0 Å². The van der Waals surface area contributed by atoms with Gasteiger partial charge in [-0.2, -0.15) is 0 Å². The summed E-state index contributed by atoms with van der Waals surface area (Å²) in [5, 5.41) is 1.94. The molecule has 0 aliphatic carbocycles. The zero-order chi connectivity index (χ0) is 20.7. The van der Waals surface area contributed by atoms with Crippen LogP contribution in [0.3, 0.4) is 0 Å². The molecule has 0 spiro atoms. The molecule has 5 heteroatoms. The Morgan fingerprint density at radius 2 is 1.77 bits per heavy atom. The summed E-state index contributed by atoms with van der Waals surface area (Å²) in [5.74, 6) is 0. The molecule has 0 bridgehead atoms. The summed E-state index contributed by atoms with van der Waals surface area (Å²) in [6, 6.07) is 23.1. The molecule has 0 fully saturated rings. The van der Waals surface area contributed by atoms with E-state index in [4.69, 9.17) is 23.8 Å². The van der Waals surface area contributed by atoms with Gasteiger partial charge in [-0.05, 0) is 53.4 Å². The topological polar surface area (TPSA) is 8.17 Å². The third kappa shape index (κ3) is 3.80. The van der Waals surface area contributed by atoms with E-state index in [0.29, 0.717) is 0 Å². The molecule has 1 aromatic heterocycles. The first-order chi connectivity index (χ1) is 14.6. The van der Waals surface area contributed by atoms with E-state index in [1.54, 1.807) is 0 Å². The fourth-order valence-electron chi connectivity index (χ4n) is 4.20. The molecule has 0 saturated carbocycles. The van der Waals surface area contributed by atoms with Gasteiger partial charge in [0.2, 0.25) is 0 Å². The van der Waals surface area contributed by atoms with Gasteiger partial charge in [-0.1, -0.05) is 76.1 Å². The summed E-state index contributed by atoms with van der Waals surface area (Å²) in [7, 11) is 0. The van der Waals surface area contributed by atoms with Gasteiger partial charge >= 0.3 is 0 Å². The second-order valence-electron chi connectivity index (χ2n) is 7.70. The SMILES string of the molecule is S=C(c1cn(Cc2ccc(Cl)cc2)c2ccc(Br)cc12)N1CCc2ccccc2C1. The minimum absolute atomic E-state index is 0.757. The Kier molecular flexibility index (Phi) is 5.40. The fraction of sp³-hybridized carbons (Fsp3) is 0.160. The number of hydrogen-bond donors (Lipinski definition) is 0. The highest BCUT2D eigenvalue weighted by atomic mass is 79.9. The highest BCUT2D eigenvalue weighted by Crippen LogP contribution is 2.29. The van der Waals surface area contributed by atoms with Crippen molar-refractivity contribution in [2.24, 2.45) is 0 Å². The van der Waals surface area contributed by atoms with Gasteiger partial charge < -0.3 is 9.47 Å². The average Bonchev–Trinajstić information content (AvgIpc) is 3.11. The van der Waals surface area contributed by atoms with Gasteiger partial charge in [0, 0.05) is 51.8 Å². The Morgan fingerprint density at radius 3 is 2.57 bits per heavy atom. The van der Waals surface area contributed by atoms with Crippen LogP contribution in [0.4, 0.5) is 0 Å². The molecule has 5 rings (SSSR count). The van der Waals surface area contributed by atoms with E-state index in [2.05, 4.69) is 86.2 Å². The van der Waals surface area contributed by atoms with Crippen LogP contribution >= 0.6 is 39.7 Å². The number of benzene rings is 3. The molecule has 2 nitrogen and oxygen atoms in total. The largest absolute Gasteiger partial charge is 0.358 e. The van der Waals surface area contributed by atoms with Crippen molar-refractivity contribution in [3.63, 3.8) is 0 Å². The van der Waals surface area contributed by atoms with E-state index >= 15 is 0 Å². The molecule has 1 aliphatic heterocycles. The predicted molar refractivity (Wildman–Crippen MR) is 132 cm³/mol. The lowest BCUT2D eigenvalue weighted by molar-refractivity contribution is 0.401. The van der Waals surface area contributed by atoms with Crippen LogP contribution in [-0.4, -0.2) is 21.0 Å². The number of rotatable bonds is 3. The Bertz CT molecular complexity index is 1250. The minimum atomic E-state index is 0.757. The first kappa shape index (κ1) is 19.8. The van der Waals surface area contributed by atoms with Gasteiger partial charge in [0.15, 0.2) is 0 Å². The summed E-state index contributed by atoms with van der Waals surface area (Å²) >= 11 is 15.7. The van der Waals surface area contributed by atoms with Gasteiger partial charge in [-0.3, -0.25) is 0 Å². The van der Waals surface area contributed by atoms with Crippen molar-refractivity contribution < 1.29 is 0 Å². The molecule has 1 aliphatic rings. The van der Waals surface area contributed by atoms with Gasteiger partial charge in [0.1, 0.15) is 4.99 Å². The molecule has 0 saturated heterocycles. The summed E-state index contributed by atoms with van der Waals surface area (Å²) in [4.78, 5) is 3.25. The molecule has 150 valence electrons. The van der Waals surface area contributed by atoms with Crippen LogP contribution in [-0.2, 0) is 19.5 Å². The summed E-state index contributed by atoms with van der Waals surface area (Å²) in [6.07, 6.45) is 3.23. The van der Waals surface area contributed by atoms with Crippen LogP contribution in [0.1, 0.15) is 22.3 Å².